The standard InChI is InChI=1S/C16H26N4O4S2/c1-12-10-20(11-13(12)15(21)24-4)16(17-2)18-7-8-19(3)26(22,23)14-6-5-9-25-14/h5-6,9,12-13H,7-8,10-11H2,1-4H3,(H,17,18). The molecule has 0 radical (unpaired) electrons. The molecule has 2 heterocycles. The van der Waals surface area contributed by atoms with Crippen molar-refractivity contribution in [1.29, 1.82) is 0 Å². The summed E-state index contributed by atoms with van der Waals surface area (Å²) in [6, 6.07) is 3.32. The molecule has 1 saturated heterocycles. The zero-order valence-electron chi connectivity index (χ0n) is 15.5. The largest absolute Gasteiger partial charge is 0.469 e. The van der Waals surface area contributed by atoms with E-state index in [-0.39, 0.29) is 17.8 Å². The van der Waals surface area contributed by atoms with Crippen LogP contribution in [0.4, 0.5) is 0 Å². The van der Waals surface area contributed by atoms with Crippen molar-refractivity contribution in [3.63, 3.8) is 0 Å². The van der Waals surface area contributed by atoms with Crippen LogP contribution in [0.2, 0.25) is 0 Å². The number of methoxy groups -OCH3 is 1. The minimum Gasteiger partial charge on any atom is -0.469 e. The number of ether oxygens (including phenoxy) is 1. The number of rotatable bonds is 6. The van der Waals surface area contributed by atoms with Gasteiger partial charge in [0.2, 0.25) is 0 Å². The van der Waals surface area contributed by atoms with E-state index in [4.69, 9.17) is 4.74 Å². The molecule has 0 aromatic carbocycles. The Balaban J connectivity index is 1.89. The number of hydrogen-bond acceptors (Lipinski definition) is 6. The first-order chi connectivity index (χ1) is 12.3. The fraction of sp³-hybridized carbons (Fsp3) is 0.625. The molecule has 0 spiro atoms. The van der Waals surface area contributed by atoms with Gasteiger partial charge in [-0.15, -0.1) is 11.3 Å². The maximum atomic E-state index is 12.4. The number of sulfonamides is 1. The van der Waals surface area contributed by atoms with Crippen LogP contribution in [0.25, 0.3) is 0 Å². The van der Waals surface area contributed by atoms with Crippen LogP contribution >= 0.6 is 11.3 Å². The molecule has 1 aromatic rings. The maximum Gasteiger partial charge on any atom is 0.310 e. The van der Waals surface area contributed by atoms with E-state index in [0.29, 0.717) is 36.3 Å². The smallest absolute Gasteiger partial charge is 0.310 e. The molecule has 0 amide bonds. The topological polar surface area (TPSA) is 91.3 Å². The van der Waals surface area contributed by atoms with Crippen LogP contribution < -0.4 is 5.32 Å². The van der Waals surface area contributed by atoms with Crippen molar-refractivity contribution in [2.75, 3.05) is 47.4 Å². The molecule has 0 aliphatic carbocycles. The van der Waals surface area contributed by atoms with Crippen molar-refractivity contribution >= 4 is 33.3 Å². The monoisotopic (exact) mass is 402 g/mol. The molecule has 0 saturated carbocycles. The van der Waals surface area contributed by atoms with Gasteiger partial charge >= 0.3 is 5.97 Å². The zero-order valence-corrected chi connectivity index (χ0v) is 17.1. The first-order valence-electron chi connectivity index (χ1n) is 8.34. The van der Waals surface area contributed by atoms with Crippen molar-refractivity contribution in [2.24, 2.45) is 16.8 Å². The van der Waals surface area contributed by atoms with Gasteiger partial charge in [-0.25, -0.2) is 8.42 Å². The summed E-state index contributed by atoms with van der Waals surface area (Å²) in [5, 5.41) is 4.92. The lowest BCUT2D eigenvalue weighted by Crippen LogP contribution is -2.44. The van der Waals surface area contributed by atoms with Crippen LogP contribution in [0, 0.1) is 11.8 Å². The number of carbonyl (C=O) groups excluding carboxylic acids is 1. The van der Waals surface area contributed by atoms with Gasteiger partial charge in [0.1, 0.15) is 4.21 Å². The average molecular weight is 403 g/mol. The van der Waals surface area contributed by atoms with Crippen molar-refractivity contribution in [2.45, 2.75) is 11.1 Å². The molecule has 0 bridgehead atoms. The fourth-order valence-corrected chi connectivity index (χ4v) is 5.31. The molecule has 2 atom stereocenters. The quantitative estimate of drug-likeness (QED) is 0.428. The lowest BCUT2D eigenvalue weighted by Gasteiger charge is -2.23. The van der Waals surface area contributed by atoms with Crippen molar-refractivity contribution in [3.8, 4) is 0 Å². The van der Waals surface area contributed by atoms with Crippen LogP contribution in [0.1, 0.15) is 6.92 Å². The van der Waals surface area contributed by atoms with E-state index < -0.39 is 10.0 Å². The highest BCUT2D eigenvalue weighted by molar-refractivity contribution is 7.91. The fourth-order valence-electron chi connectivity index (χ4n) is 2.94. The van der Waals surface area contributed by atoms with E-state index in [0.717, 1.165) is 0 Å². The number of likely N-dealkylation sites (tertiary alicyclic amines) is 1. The molecule has 26 heavy (non-hydrogen) atoms. The summed E-state index contributed by atoms with van der Waals surface area (Å²) in [4.78, 5) is 18.1. The summed E-state index contributed by atoms with van der Waals surface area (Å²) in [7, 11) is 1.17. The second kappa shape index (κ2) is 8.83. The van der Waals surface area contributed by atoms with E-state index in [1.54, 1.807) is 31.6 Å². The summed E-state index contributed by atoms with van der Waals surface area (Å²) in [5.74, 6) is 0.436. The Labute approximate surface area is 158 Å². The van der Waals surface area contributed by atoms with Crippen molar-refractivity contribution < 1.29 is 17.9 Å². The highest BCUT2D eigenvalue weighted by atomic mass is 32.2. The van der Waals surface area contributed by atoms with Gasteiger partial charge in [-0.3, -0.25) is 9.79 Å². The molecular formula is C16H26N4O4S2. The third-order valence-corrected chi connectivity index (χ3v) is 7.73. The van der Waals surface area contributed by atoms with Gasteiger partial charge in [0.15, 0.2) is 5.96 Å². The molecule has 1 aliphatic heterocycles. The summed E-state index contributed by atoms with van der Waals surface area (Å²) >= 11 is 1.20. The Morgan fingerprint density at radius 3 is 2.81 bits per heavy atom. The minimum atomic E-state index is -3.45. The lowest BCUT2D eigenvalue weighted by atomic mass is 9.99. The summed E-state index contributed by atoms with van der Waals surface area (Å²) in [6.07, 6.45) is 0. The number of aliphatic imine (C=N–C) groups is 1. The van der Waals surface area contributed by atoms with E-state index in [9.17, 15) is 13.2 Å². The van der Waals surface area contributed by atoms with Gasteiger partial charge in [-0.1, -0.05) is 13.0 Å². The molecular weight excluding hydrogens is 376 g/mol. The number of likely N-dealkylation sites (N-methyl/N-ethyl adjacent to an activating group) is 1. The van der Waals surface area contributed by atoms with Gasteiger partial charge in [0, 0.05) is 40.3 Å². The maximum absolute atomic E-state index is 12.4. The van der Waals surface area contributed by atoms with Gasteiger partial charge in [-0.2, -0.15) is 4.31 Å². The Kier molecular flexibility index (Phi) is 7.01. The van der Waals surface area contributed by atoms with Crippen LogP contribution in [0.5, 0.6) is 0 Å². The molecule has 1 aromatic heterocycles. The van der Waals surface area contributed by atoms with E-state index >= 15 is 0 Å². The van der Waals surface area contributed by atoms with E-state index in [2.05, 4.69) is 10.3 Å². The second-order valence-corrected chi connectivity index (χ2v) is 9.46. The number of nitrogens with one attached hydrogen (secondary N) is 1. The third kappa shape index (κ3) is 4.54. The Morgan fingerprint density at radius 1 is 1.50 bits per heavy atom. The van der Waals surface area contributed by atoms with Crippen molar-refractivity contribution in [1.82, 2.24) is 14.5 Å². The molecule has 146 valence electrons. The van der Waals surface area contributed by atoms with Gasteiger partial charge in [0.25, 0.3) is 10.0 Å². The lowest BCUT2D eigenvalue weighted by molar-refractivity contribution is -0.145. The van der Waals surface area contributed by atoms with Crippen LogP contribution in [0.15, 0.2) is 26.7 Å². The minimum absolute atomic E-state index is 0.169. The summed E-state index contributed by atoms with van der Waals surface area (Å²) in [5.41, 5.74) is 0. The van der Waals surface area contributed by atoms with Gasteiger partial charge < -0.3 is 15.0 Å². The number of esters is 1. The highest BCUT2D eigenvalue weighted by Crippen LogP contribution is 2.24. The SMILES string of the molecule is CN=C(NCCN(C)S(=O)(=O)c1cccs1)N1CC(C)C(C(=O)OC)C1. The first kappa shape index (κ1) is 20.7. The van der Waals surface area contributed by atoms with Gasteiger partial charge in [-0.05, 0) is 17.4 Å². The van der Waals surface area contributed by atoms with Crippen LogP contribution in [-0.4, -0.2) is 76.9 Å². The number of guanidine groups is 1. The van der Waals surface area contributed by atoms with Crippen molar-refractivity contribution in [3.05, 3.63) is 17.5 Å². The summed E-state index contributed by atoms with van der Waals surface area (Å²) < 4.78 is 31.3. The Bertz CT molecular complexity index is 733. The predicted molar refractivity (Wildman–Crippen MR) is 102 cm³/mol. The highest BCUT2D eigenvalue weighted by Gasteiger charge is 2.36. The summed E-state index contributed by atoms with van der Waals surface area (Å²) in [6.45, 7) is 3.97. The van der Waals surface area contributed by atoms with Crippen LogP contribution in [-0.2, 0) is 19.6 Å². The number of hydrogen-bond donors (Lipinski definition) is 1. The van der Waals surface area contributed by atoms with Gasteiger partial charge in [0.05, 0.1) is 13.0 Å². The molecule has 2 unspecified atom stereocenters. The number of nitrogens with zero attached hydrogens (tertiary/aromatic N) is 3. The Morgan fingerprint density at radius 2 is 2.23 bits per heavy atom. The first-order valence-corrected chi connectivity index (χ1v) is 10.7. The molecule has 1 N–H and O–H groups in total. The molecule has 1 aliphatic rings. The molecule has 2 rings (SSSR count). The van der Waals surface area contributed by atoms with Crippen LogP contribution in [0.3, 0.4) is 0 Å². The van der Waals surface area contributed by atoms with E-state index in [1.807, 2.05) is 11.8 Å². The molecule has 10 heteroatoms. The predicted octanol–water partition coefficient (Wildman–Crippen LogP) is 0.685. The molecule has 8 nitrogen and oxygen atoms in total. The third-order valence-electron chi connectivity index (χ3n) is 4.50. The normalized spacial score (nSPS) is 21.3. The Hall–Kier alpha value is -1.65. The molecule has 1 fully saturated rings. The van der Waals surface area contributed by atoms with E-state index in [1.165, 1.54) is 22.8 Å². The zero-order chi connectivity index (χ0) is 19.3. The second-order valence-electron chi connectivity index (χ2n) is 6.24. The number of thiophene rings is 1. The average Bonchev–Trinajstić information content (AvgIpc) is 3.28. The number of carbonyl (C=O) groups is 1.